The van der Waals surface area contributed by atoms with Gasteiger partial charge in [-0.1, -0.05) is 396 Å². The number of carbonyl (C=O) groups excluding carboxylic acids is 2. The van der Waals surface area contributed by atoms with Crippen LogP contribution in [0.1, 0.15) is 450 Å². The number of hydrogen-bond acceptors (Lipinski definition) is 5. The van der Waals surface area contributed by atoms with Crippen molar-refractivity contribution in [3.63, 3.8) is 0 Å². The Morgan fingerprint density at radius 3 is 0.878 bits per heavy atom. The fourth-order valence-electron chi connectivity index (χ4n) is 12.8. The predicted molar refractivity (Wildman–Crippen MR) is 398 cm³/mol. The quantitative estimate of drug-likeness (QED) is 0.0320. The fraction of sp³-hybridized carbons (Fsp3) is 0.881. The normalized spacial score (nSPS) is 12.7. The van der Waals surface area contributed by atoms with Crippen LogP contribution in [0.4, 0.5) is 0 Å². The third kappa shape index (κ3) is 74.9. The van der Waals surface area contributed by atoms with Gasteiger partial charge in [0.05, 0.1) is 25.4 Å². The second-order valence-electron chi connectivity index (χ2n) is 28.1. The zero-order chi connectivity index (χ0) is 64.9. The van der Waals surface area contributed by atoms with E-state index in [9.17, 15) is 19.8 Å². The van der Waals surface area contributed by atoms with Gasteiger partial charge in [-0.15, -0.1) is 0 Å². The lowest BCUT2D eigenvalue weighted by molar-refractivity contribution is -0.143. The van der Waals surface area contributed by atoms with Crippen LogP contribution in [0.5, 0.6) is 0 Å². The minimum atomic E-state index is -0.843. The van der Waals surface area contributed by atoms with Crippen LogP contribution in [-0.2, 0) is 14.3 Å². The maximum Gasteiger partial charge on any atom is 0.305 e. The Kier molecular flexibility index (Phi) is 77.3. The zero-order valence-corrected chi connectivity index (χ0v) is 60.9. The third-order valence-electron chi connectivity index (χ3n) is 19.1. The number of unbranched alkanes of at least 4 members (excludes halogenated alkanes) is 60. The van der Waals surface area contributed by atoms with Crippen LogP contribution in [0, 0.1) is 0 Å². The van der Waals surface area contributed by atoms with Gasteiger partial charge in [-0.3, -0.25) is 9.59 Å². The van der Waals surface area contributed by atoms with Gasteiger partial charge >= 0.3 is 5.97 Å². The highest BCUT2D eigenvalue weighted by molar-refractivity contribution is 5.76. The van der Waals surface area contributed by atoms with Crippen molar-refractivity contribution in [3.8, 4) is 0 Å². The van der Waals surface area contributed by atoms with E-state index in [0.717, 1.165) is 51.4 Å². The summed E-state index contributed by atoms with van der Waals surface area (Å²) in [4.78, 5) is 24.6. The number of rotatable bonds is 77. The van der Waals surface area contributed by atoms with Crippen molar-refractivity contribution in [1.82, 2.24) is 5.32 Å². The Bertz CT molecular complexity index is 1500. The molecule has 0 heterocycles. The molecule has 0 rings (SSSR count). The standard InChI is InChI=1S/C84H159NO5/c1-3-5-7-9-11-13-15-17-19-21-41-45-48-52-56-60-64-68-72-76-82(87)81(80-86)85-83(88)77-73-69-65-61-57-53-49-46-42-39-37-35-33-31-29-27-25-23-22-24-26-28-30-32-34-36-38-40-43-47-51-55-59-63-67-71-75-79-90-84(89)78-74-70-66-62-58-54-50-44-20-18-16-14-12-10-8-6-4-2/h12,14,18,20,22,24,72,76,81-82,86-87H,3-11,13,15-17,19,21,23,25-71,73-75,77-80H2,1-2H3,(H,85,88)/b14-12-,20-18-,24-22-,76-72+. The number of esters is 1. The van der Waals surface area contributed by atoms with Gasteiger partial charge in [0.25, 0.3) is 0 Å². The summed E-state index contributed by atoms with van der Waals surface area (Å²) in [6.07, 6.45) is 105. The molecule has 0 aromatic rings. The highest BCUT2D eigenvalue weighted by Crippen LogP contribution is 2.20. The summed E-state index contributed by atoms with van der Waals surface area (Å²) in [5, 5.41) is 23.3. The number of nitrogens with one attached hydrogen (secondary N) is 1. The summed E-state index contributed by atoms with van der Waals surface area (Å²) in [7, 11) is 0. The minimum absolute atomic E-state index is 0.0139. The minimum Gasteiger partial charge on any atom is -0.466 e. The summed E-state index contributed by atoms with van der Waals surface area (Å²) >= 11 is 0. The fourth-order valence-corrected chi connectivity index (χ4v) is 12.8. The highest BCUT2D eigenvalue weighted by Gasteiger charge is 2.18. The molecule has 0 spiro atoms. The van der Waals surface area contributed by atoms with Crippen LogP contribution in [0.2, 0.25) is 0 Å². The second kappa shape index (κ2) is 79.3. The van der Waals surface area contributed by atoms with Crippen LogP contribution in [-0.4, -0.2) is 47.4 Å². The Morgan fingerprint density at radius 2 is 0.556 bits per heavy atom. The van der Waals surface area contributed by atoms with Crippen LogP contribution >= 0.6 is 0 Å². The summed E-state index contributed by atoms with van der Waals surface area (Å²) in [6.45, 7) is 4.92. The first-order valence-corrected chi connectivity index (χ1v) is 40.9. The molecule has 2 atom stereocenters. The third-order valence-corrected chi connectivity index (χ3v) is 19.1. The first-order chi connectivity index (χ1) is 44.5. The summed E-state index contributed by atoms with van der Waals surface area (Å²) < 4.78 is 5.51. The molecule has 3 N–H and O–H groups in total. The molecule has 0 aromatic carbocycles. The van der Waals surface area contributed by atoms with E-state index in [4.69, 9.17) is 4.74 Å². The van der Waals surface area contributed by atoms with E-state index in [1.165, 1.54) is 372 Å². The Labute approximate surface area is 563 Å². The smallest absolute Gasteiger partial charge is 0.305 e. The van der Waals surface area contributed by atoms with Gasteiger partial charge in [-0.25, -0.2) is 0 Å². The maximum absolute atomic E-state index is 12.5. The molecule has 1 amide bonds. The molecule has 0 aromatic heterocycles. The molecule has 0 aliphatic rings. The largest absolute Gasteiger partial charge is 0.466 e. The van der Waals surface area contributed by atoms with E-state index in [1.807, 2.05) is 6.08 Å². The van der Waals surface area contributed by atoms with Gasteiger partial charge in [-0.05, 0) is 89.9 Å². The molecular weight excluding hydrogens is 1100 g/mol. The van der Waals surface area contributed by atoms with E-state index in [2.05, 4.69) is 55.6 Å². The SMILES string of the molecule is CCCCC/C=C\C/C=C\CCCCCCCCCC(=O)OCCCCCCCCCCCCCCCCCC/C=C\CCCCCCCCCCCCCCCCCCCC(=O)NC(CO)C(O)/C=C/CCCCCCCCCCCCCCCCCCC. The van der Waals surface area contributed by atoms with E-state index in [1.54, 1.807) is 6.08 Å². The predicted octanol–water partition coefficient (Wildman–Crippen LogP) is 27.2. The molecule has 0 saturated heterocycles. The molecule has 0 aliphatic heterocycles. The van der Waals surface area contributed by atoms with Crippen LogP contribution in [0.25, 0.3) is 0 Å². The molecule has 0 radical (unpaired) electrons. The number of aliphatic hydroxyl groups excluding tert-OH is 2. The summed E-state index contributed by atoms with van der Waals surface area (Å²) in [5.74, 6) is -0.0462. The van der Waals surface area contributed by atoms with Crippen molar-refractivity contribution in [2.75, 3.05) is 13.2 Å². The highest BCUT2D eigenvalue weighted by atomic mass is 16.5. The van der Waals surface area contributed by atoms with Crippen LogP contribution in [0.3, 0.4) is 0 Å². The van der Waals surface area contributed by atoms with Gasteiger partial charge in [0.2, 0.25) is 5.91 Å². The topological polar surface area (TPSA) is 95.9 Å². The number of amides is 1. The van der Waals surface area contributed by atoms with E-state index in [0.29, 0.717) is 19.4 Å². The molecule has 0 saturated carbocycles. The Hall–Kier alpha value is -2.18. The lowest BCUT2D eigenvalue weighted by Gasteiger charge is -2.20. The number of hydrogen-bond donors (Lipinski definition) is 3. The molecule has 6 heteroatoms. The lowest BCUT2D eigenvalue weighted by Crippen LogP contribution is -2.45. The molecule has 530 valence electrons. The maximum atomic E-state index is 12.5. The number of allylic oxidation sites excluding steroid dienone is 7. The molecular formula is C84H159NO5. The molecule has 6 nitrogen and oxygen atoms in total. The number of carbonyl (C=O) groups is 2. The first kappa shape index (κ1) is 87.8. The average molecular weight is 1260 g/mol. The first-order valence-electron chi connectivity index (χ1n) is 40.9. The van der Waals surface area contributed by atoms with Gasteiger partial charge in [0, 0.05) is 12.8 Å². The van der Waals surface area contributed by atoms with Crippen molar-refractivity contribution < 1.29 is 24.5 Å². The Balaban J connectivity index is 3.35. The number of ether oxygens (including phenoxy) is 1. The molecule has 0 bridgehead atoms. The van der Waals surface area contributed by atoms with Crippen molar-refractivity contribution in [2.24, 2.45) is 0 Å². The van der Waals surface area contributed by atoms with E-state index < -0.39 is 12.1 Å². The molecule has 90 heavy (non-hydrogen) atoms. The van der Waals surface area contributed by atoms with Gasteiger partial charge in [0.1, 0.15) is 0 Å². The summed E-state index contributed by atoms with van der Waals surface area (Å²) in [5.41, 5.74) is 0. The van der Waals surface area contributed by atoms with Crippen LogP contribution < -0.4 is 5.32 Å². The molecule has 2 unspecified atom stereocenters. The molecule has 0 fully saturated rings. The van der Waals surface area contributed by atoms with E-state index >= 15 is 0 Å². The van der Waals surface area contributed by atoms with Crippen molar-refractivity contribution in [3.05, 3.63) is 48.6 Å². The van der Waals surface area contributed by atoms with Gasteiger partial charge < -0.3 is 20.3 Å². The monoisotopic (exact) mass is 1260 g/mol. The Morgan fingerprint density at radius 1 is 0.311 bits per heavy atom. The molecule has 0 aliphatic carbocycles. The number of aliphatic hydroxyl groups is 2. The van der Waals surface area contributed by atoms with Crippen molar-refractivity contribution in [1.29, 1.82) is 0 Å². The lowest BCUT2D eigenvalue weighted by atomic mass is 10.0. The van der Waals surface area contributed by atoms with Gasteiger partial charge in [-0.2, -0.15) is 0 Å². The zero-order valence-electron chi connectivity index (χ0n) is 60.9. The van der Waals surface area contributed by atoms with Gasteiger partial charge in [0.15, 0.2) is 0 Å². The van der Waals surface area contributed by atoms with Crippen molar-refractivity contribution in [2.45, 2.75) is 463 Å². The summed E-state index contributed by atoms with van der Waals surface area (Å²) in [6, 6.07) is -0.626. The van der Waals surface area contributed by atoms with Crippen LogP contribution in [0.15, 0.2) is 48.6 Å². The van der Waals surface area contributed by atoms with E-state index in [-0.39, 0.29) is 18.5 Å². The second-order valence-corrected chi connectivity index (χ2v) is 28.1. The van der Waals surface area contributed by atoms with Crippen molar-refractivity contribution >= 4 is 11.9 Å². The average Bonchev–Trinajstić information content (AvgIpc) is 3.58.